The number of rotatable bonds is 16. The zero-order valence-electron chi connectivity index (χ0n) is 17.8. The molecule has 0 bridgehead atoms. The first kappa shape index (κ1) is 32.5. The van der Waals surface area contributed by atoms with Crippen LogP contribution in [0.25, 0.3) is 0 Å². The number of aliphatic carboxylic acids is 4. The number of carboxylic acid groups (broad SMARTS) is 4. The first-order chi connectivity index (χ1) is 14.1. The highest BCUT2D eigenvalue weighted by atomic mass is 16.4. The second-order valence-electron chi connectivity index (χ2n) is 6.67. The van der Waals surface area contributed by atoms with E-state index in [1.807, 2.05) is 0 Å². The largest absolute Gasteiger partial charge is 0.481 e. The zero-order chi connectivity index (χ0) is 23.8. The summed E-state index contributed by atoms with van der Waals surface area (Å²) in [5.41, 5.74) is 0. The molecule has 10 heteroatoms. The topological polar surface area (TPSA) is 190 Å². The number of aliphatic hydroxyl groups is 2. The Morgan fingerprint density at radius 2 is 0.933 bits per heavy atom. The number of aliphatic hydroxyl groups excluding tert-OH is 2. The Labute approximate surface area is 177 Å². The quantitative estimate of drug-likeness (QED) is 0.195. The molecule has 0 aliphatic heterocycles. The van der Waals surface area contributed by atoms with Gasteiger partial charge in [-0.2, -0.15) is 0 Å². The Hall–Kier alpha value is -2.20. The van der Waals surface area contributed by atoms with Crippen LogP contribution in [0.5, 0.6) is 0 Å². The van der Waals surface area contributed by atoms with Crippen LogP contribution >= 0.6 is 0 Å². The summed E-state index contributed by atoms with van der Waals surface area (Å²) in [5.74, 6) is -3.03. The van der Waals surface area contributed by atoms with Crippen LogP contribution in [-0.4, -0.2) is 67.7 Å². The number of hydrogen-bond acceptors (Lipinski definition) is 6. The van der Waals surface area contributed by atoms with E-state index in [-0.39, 0.29) is 32.3 Å². The average Bonchev–Trinajstić information content (AvgIpc) is 2.66. The van der Waals surface area contributed by atoms with Crippen molar-refractivity contribution in [3.63, 3.8) is 0 Å². The predicted octanol–water partition coefficient (Wildman–Crippen LogP) is 2.60. The van der Waals surface area contributed by atoms with E-state index in [4.69, 9.17) is 30.6 Å². The number of unbranched alkanes of at least 4 members (excludes halogenated alkanes) is 3. The van der Waals surface area contributed by atoms with Gasteiger partial charge >= 0.3 is 23.9 Å². The van der Waals surface area contributed by atoms with Crippen LogP contribution in [0.1, 0.15) is 84.0 Å². The third-order valence-corrected chi connectivity index (χ3v) is 3.92. The molecule has 0 fully saturated rings. The van der Waals surface area contributed by atoms with E-state index < -0.39 is 23.9 Å². The van der Waals surface area contributed by atoms with Crippen LogP contribution in [0, 0.1) is 5.92 Å². The van der Waals surface area contributed by atoms with Crippen molar-refractivity contribution in [1.29, 1.82) is 0 Å². The molecule has 178 valence electrons. The first-order valence-electron chi connectivity index (χ1n) is 10.2. The SMILES string of the molecule is CCC(CO)CCCCO.O=C(O)CCCCC(=O)O.O=C(O)CCCCC(=O)O. The summed E-state index contributed by atoms with van der Waals surface area (Å²) in [5, 5.41) is 49.8. The number of carboxylic acids is 4. The molecule has 0 amide bonds. The minimum absolute atomic E-state index is 0.0628. The summed E-state index contributed by atoms with van der Waals surface area (Å²) in [7, 11) is 0. The molecular formula is C20H38O10. The molecule has 0 aliphatic rings. The van der Waals surface area contributed by atoms with Crippen molar-refractivity contribution in [2.75, 3.05) is 13.2 Å². The molecule has 0 aromatic heterocycles. The lowest BCUT2D eigenvalue weighted by molar-refractivity contribution is -0.139. The molecule has 0 rings (SSSR count). The Bertz CT molecular complexity index is 383. The van der Waals surface area contributed by atoms with Gasteiger partial charge in [0, 0.05) is 38.9 Å². The molecular weight excluding hydrogens is 400 g/mol. The minimum atomic E-state index is -0.870. The van der Waals surface area contributed by atoms with E-state index in [1.54, 1.807) is 0 Å². The second kappa shape index (κ2) is 24.8. The maximum atomic E-state index is 9.90. The van der Waals surface area contributed by atoms with Crippen molar-refractivity contribution < 1.29 is 49.8 Å². The number of carbonyl (C=O) groups is 4. The van der Waals surface area contributed by atoms with E-state index in [9.17, 15) is 19.2 Å². The lowest BCUT2D eigenvalue weighted by Crippen LogP contribution is -2.04. The Kier molecular flexibility index (Phi) is 26.9. The third kappa shape index (κ3) is 36.7. The van der Waals surface area contributed by atoms with Gasteiger partial charge in [0.15, 0.2) is 0 Å². The molecule has 1 atom stereocenters. The smallest absolute Gasteiger partial charge is 0.303 e. The summed E-state index contributed by atoms with van der Waals surface area (Å²) in [4.78, 5) is 39.6. The van der Waals surface area contributed by atoms with Gasteiger partial charge in [0.05, 0.1) is 0 Å². The lowest BCUT2D eigenvalue weighted by atomic mass is 10.0. The molecule has 30 heavy (non-hydrogen) atoms. The van der Waals surface area contributed by atoms with E-state index in [2.05, 4.69) is 6.92 Å². The van der Waals surface area contributed by atoms with Gasteiger partial charge in [-0.1, -0.05) is 19.8 Å². The molecule has 0 heterocycles. The van der Waals surface area contributed by atoms with Crippen LogP contribution < -0.4 is 0 Å². The van der Waals surface area contributed by atoms with Crippen molar-refractivity contribution in [1.82, 2.24) is 0 Å². The molecule has 0 aromatic carbocycles. The predicted molar refractivity (Wildman–Crippen MR) is 109 cm³/mol. The standard InChI is InChI=1S/C8H18O2.2C6H10O4/c1-2-8(7-10)5-3-4-6-9;2*7-5(8)3-1-2-4-6(9)10/h8-10H,2-7H2,1H3;2*1-4H2,(H,7,8)(H,9,10). The highest BCUT2D eigenvalue weighted by Gasteiger charge is 2.02. The third-order valence-electron chi connectivity index (χ3n) is 3.92. The fourth-order valence-electron chi connectivity index (χ4n) is 2.07. The van der Waals surface area contributed by atoms with Crippen LogP contribution in [0.3, 0.4) is 0 Å². The van der Waals surface area contributed by atoms with Gasteiger partial charge in [-0.15, -0.1) is 0 Å². The maximum Gasteiger partial charge on any atom is 0.303 e. The van der Waals surface area contributed by atoms with E-state index in [0.717, 1.165) is 25.7 Å². The van der Waals surface area contributed by atoms with Gasteiger partial charge in [0.25, 0.3) is 0 Å². The summed E-state index contributed by atoms with van der Waals surface area (Å²) in [6.45, 7) is 2.66. The van der Waals surface area contributed by atoms with Crippen LogP contribution in [-0.2, 0) is 19.2 Å². The molecule has 0 saturated heterocycles. The second-order valence-corrected chi connectivity index (χ2v) is 6.67. The normalized spacial score (nSPS) is 10.6. The zero-order valence-corrected chi connectivity index (χ0v) is 17.8. The summed E-state index contributed by atoms with van der Waals surface area (Å²) >= 11 is 0. The van der Waals surface area contributed by atoms with Gasteiger partial charge in [-0.3, -0.25) is 19.2 Å². The molecule has 0 aliphatic carbocycles. The van der Waals surface area contributed by atoms with Crippen molar-refractivity contribution in [3.8, 4) is 0 Å². The van der Waals surface area contributed by atoms with Gasteiger partial charge in [0.1, 0.15) is 0 Å². The Morgan fingerprint density at radius 1 is 0.600 bits per heavy atom. The maximum absolute atomic E-state index is 9.90. The minimum Gasteiger partial charge on any atom is -0.481 e. The van der Waals surface area contributed by atoms with Gasteiger partial charge < -0.3 is 30.6 Å². The van der Waals surface area contributed by atoms with E-state index in [1.165, 1.54) is 0 Å². The Balaban J connectivity index is -0.000000364. The summed E-state index contributed by atoms with van der Waals surface area (Å²) in [6.07, 6.45) is 6.04. The van der Waals surface area contributed by atoms with Crippen LogP contribution in [0.4, 0.5) is 0 Å². The fourth-order valence-corrected chi connectivity index (χ4v) is 2.07. The molecule has 0 saturated carbocycles. The van der Waals surface area contributed by atoms with Gasteiger partial charge in [0.2, 0.25) is 0 Å². The van der Waals surface area contributed by atoms with Gasteiger partial charge in [-0.05, 0) is 44.4 Å². The fraction of sp³-hybridized carbons (Fsp3) is 0.800. The lowest BCUT2D eigenvalue weighted by Gasteiger charge is -2.09. The molecule has 1 unspecified atom stereocenters. The van der Waals surface area contributed by atoms with Gasteiger partial charge in [-0.25, -0.2) is 0 Å². The van der Waals surface area contributed by atoms with E-state index in [0.29, 0.717) is 38.2 Å². The van der Waals surface area contributed by atoms with Crippen LogP contribution in [0.2, 0.25) is 0 Å². The molecule has 0 aromatic rings. The van der Waals surface area contributed by atoms with E-state index >= 15 is 0 Å². The number of hydrogen-bond donors (Lipinski definition) is 6. The average molecular weight is 439 g/mol. The van der Waals surface area contributed by atoms with Crippen molar-refractivity contribution >= 4 is 23.9 Å². The highest BCUT2D eigenvalue weighted by molar-refractivity contribution is 5.68. The monoisotopic (exact) mass is 438 g/mol. The highest BCUT2D eigenvalue weighted by Crippen LogP contribution is 2.10. The van der Waals surface area contributed by atoms with Crippen LogP contribution in [0.15, 0.2) is 0 Å². The first-order valence-corrected chi connectivity index (χ1v) is 10.2. The summed E-state index contributed by atoms with van der Waals surface area (Å²) in [6, 6.07) is 0. The van der Waals surface area contributed by atoms with Crippen molar-refractivity contribution in [3.05, 3.63) is 0 Å². The van der Waals surface area contributed by atoms with Crippen molar-refractivity contribution in [2.45, 2.75) is 84.0 Å². The Morgan fingerprint density at radius 3 is 1.13 bits per heavy atom. The molecule has 10 nitrogen and oxygen atoms in total. The molecule has 0 spiro atoms. The molecule has 0 radical (unpaired) electrons. The molecule has 6 N–H and O–H groups in total. The van der Waals surface area contributed by atoms with Crippen molar-refractivity contribution in [2.24, 2.45) is 5.92 Å². The summed E-state index contributed by atoms with van der Waals surface area (Å²) < 4.78 is 0.